The number of aromatic amines is 1. The van der Waals surface area contributed by atoms with Gasteiger partial charge in [-0.05, 0) is 25.4 Å². The van der Waals surface area contributed by atoms with Crippen molar-refractivity contribution in [1.82, 2.24) is 25.9 Å². The lowest BCUT2D eigenvalue weighted by Gasteiger charge is -2.26. The molecule has 1 aromatic heterocycles. The van der Waals surface area contributed by atoms with Crippen LogP contribution in [0.15, 0.2) is 12.5 Å². The fourth-order valence-electron chi connectivity index (χ4n) is 2.59. The minimum absolute atomic E-state index is 0.0232. The average Bonchev–Trinajstić information content (AvgIpc) is 3.25. The molecule has 5 unspecified atom stereocenters. The number of hydrogen-bond donors (Lipinski definition) is 8. The van der Waals surface area contributed by atoms with Gasteiger partial charge in [0.05, 0.1) is 18.5 Å². The zero-order valence-electron chi connectivity index (χ0n) is 17.8. The Kier molecular flexibility index (Phi) is 12.1. The van der Waals surface area contributed by atoms with Crippen molar-refractivity contribution >= 4 is 48.1 Å². The number of hydrogen-bond acceptors (Lipinski definition) is 9. The van der Waals surface area contributed by atoms with Gasteiger partial charge in [0, 0.05) is 24.1 Å². The van der Waals surface area contributed by atoms with Gasteiger partial charge in [0.15, 0.2) is 0 Å². The number of carboxylic acids is 1. The summed E-state index contributed by atoms with van der Waals surface area (Å²) >= 11 is 5.39. The van der Waals surface area contributed by atoms with E-state index in [9.17, 15) is 24.3 Å². The number of thioether (sulfide) groups is 1. The lowest BCUT2D eigenvalue weighted by molar-refractivity contribution is -0.142. The molecule has 0 aromatic carbocycles. The minimum Gasteiger partial charge on any atom is -0.480 e. The largest absolute Gasteiger partial charge is 0.480 e. The second-order valence-electron chi connectivity index (χ2n) is 7.04. The van der Waals surface area contributed by atoms with Gasteiger partial charge in [0.2, 0.25) is 17.7 Å². The Hall–Kier alpha value is -2.29. The summed E-state index contributed by atoms with van der Waals surface area (Å²) in [4.78, 5) is 55.7. The van der Waals surface area contributed by atoms with Gasteiger partial charge in [-0.1, -0.05) is 0 Å². The molecule has 0 fully saturated rings. The van der Waals surface area contributed by atoms with E-state index in [1.807, 2.05) is 6.26 Å². The maximum atomic E-state index is 12.9. The van der Waals surface area contributed by atoms with Crippen LogP contribution in [0.4, 0.5) is 0 Å². The van der Waals surface area contributed by atoms with Crippen LogP contribution in [0.25, 0.3) is 0 Å². The fourth-order valence-corrected chi connectivity index (χ4v) is 3.32. The summed E-state index contributed by atoms with van der Waals surface area (Å²) in [6, 6.07) is -4.73. The summed E-state index contributed by atoms with van der Waals surface area (Å²) in [6.07, 6.45) is 3.85. The zero-order valence-corrected chi connectivity index (χ0v) is 19.5. The Morgan fingerprint density at radius 2 is 1.84 bits per heavy atom. The summed E-state index contributed by atoms with van der Waals surface area (Å²) < 4.78 is 0. The van der Waals surface area contributed by atoms with Gasteiger partial charge in [-0.15, -0.1) is 0 Å². The average molecular weight is 491 g/mol. The van der Waals surface area contributed by atoms with Crippen molar-refractivity contribution in [2.75, 3.05) is 17.8 Å². The predicted molar refractivity (Wildman–Crippen MR) is 122 cm³/mol. The zero-order chi connectivity index (χ0) is 24.3. The third-order valence-corrected chi connectivity index (χ3v) is 5.45. The number of nitrogens with one attached hydrogen (secondary N) is 4. The molecule has 32 heavy (non-hydrogen) atoms. The molecule has 0 bridgehead atoms. The smallest absolute Gasteiger partial charge is 0.327 e. The van der Waals surface area contributed by atoms with Crippen LogP contribution >= 0.6 is 24.4 Å². The molecule has 3 amide bonds. The highest BCUT2D eigenvalue weighted by Crippen LogP contribution is 2.04. The Bertz CT molecular complexity index is 763. The fraction of sp³-hybridized carbons (Fsp3) is 0.611. The Morgan fingerprint density at radius 3 is 2.34 bits per heavy atom. The SMILES string of the molecule is CSCCC(N)C(=O)NC(Cc1cnc[nH]1)C(=O)NC(C(=O)NC(CS)C(=O)O)C(C)O. The lowest BCUT2D eigenvalue weighted by atomic mass is 10.1. The van der Waals surface area contributed by atoms with Crippen molar-refractivity contribution in [3.8, 4) is 0 Å². The van der Waals surface area contributed by atoms with E-state index in [-0.39, 0.29) is 12.2 Å². The quantitative estimate of drug-likeness (QED) is 0.134. The van der Waals surface area contributed by atoms with Crippen LogP contribution in [-0.4, -0.2) is 91.9 Å². The van der Waals surface area contributed by atoms with Gasteiger partial charge in [0.25, 0.3) is 0 Å². The molecule has 0 spiro atoms. The minimum atomic E-state index is -1.46. The van der Waals surface area contributed by atoms with Crippen molar-refractivity contribution in [1.29, 1.82) is 0 Å². The van der Waals surface area contributed by atoms with E-state index < -0.39 is 54.0 Å². The number of imidazole rings is 1. The van der Waals surface area contributed by atoms with Crippen molar-refractivity contribution in [3.63, 3.8) is 0 Å². The monoisotopic (exact) mass is 490 g/mol. The summed E-state index contributed by atoms with van der Waals surface area (Å²) in [5.74, 6) is -3.05. The van der Waals surface area contributed by atoms with Crippen molar-refractivity contribution < 1.29 is 29.4 Å². The number of thiol groups is 1. The highest BCUT2D eigenvalue weighted by atomic mass is 32.2. The molecule has 1 rings (SSSR count). The van der Waals surface area contributed by atoms with Crippen LogP contribution < -0.4 is 21.7 Å². The lowest BCUT2D eigenvalue weighted by Crippen LogP contribution is -2.60. The van der Waals surface area contributed by atoms with Crippen molar-refractivity contribution in [3.05, 3.63) is 18.2 Å². The molecule has 0 aliphatic heterocycles. The Balaban J connectivity index is 2.96. The number of aliphatic carboxylic acids is 1. The highest BCUT2D eigenvalue weighted by Gasteiger charge is 2.32. The second kappa shape index (κ2) is 14.0. The van der Waals surface area contributed by atoms with E-state index in [0.717, 1.165) is 0 Å². The van der Waals surface area contributed by atoms with E-state index in [1.54, 1.807) is 0 Å². The van der Waals surface area contributed by atoms with Crippen LogP contribution in [0.2, 0.25) is 0 Å². The molecule has 0 aliphatic rings. The Labute approximate surface area is 195 Å². The number of nitrogens with zero attached hydrogens (tertiary/aromatic N) is 1. The van der Waals surface area contributed by atoms with E-state index in [2.05, 4.69) is 38.5 Å². The molecule has 1 heterocycles. The molecular weight excluding hydrogens is 460 g/mol. The first kappa shape index (κ1) is 27.7. The highest BCUT2D eigenvalue weighted by molar-refractivity contribution is 7.98. The van der Waals surface area contributed by atoms with E-state index in [1.165, 1.54) is 31.2 Å². The summed E-state index contributed by atoms with van der Waals surface area (Å²) in [6.45, 7) is 1.27. The number of aromatic nitrogens is 2. The maximum absolute atomic E-state index is 12.9. The molecule has 180 valence electrons. The molecule has 1 aromatic rings. The molecule has 12 nitrogen and oxygen atoms in total. The van der Waals surface area contributed by atoms with Crippen LogP contribution in [0.3, 0.4) is 0 Å². The molecular formula is C18H30N6O6S2. The van der Waals surface area contributed by atoms with Gasteiger partial charge in [-0.25, -0.2) is 9.78 Å². The summed E-state index contributed by atoms with van der Waals surface area (Å²) in [7, 11) is 0. The number of carboxylic acid groups (broad SMARTS) is 1. The number of aliphatic hydroxyl groups excluding tert-OH is 1. The van der Waals surface area contributed by atoms with Gasteiger partial charge in [-0.3, -0.25) is 14.4 Å². The van der Waals surface area contributed by atoms with Gasteiger partial charge >= 0.3 is 5.97 Å². The van der Waals surface area contributed by atoms with Gasteiger partial charge in [-0.2, -0.15) is 24.4 Å². The molecule has 14 heteroatoms. The van der Waals surface area contributed by atoms with Gasteiger partial charge < -0.3 is 36.9 Å². The Morgan fingerprint density at radius 1 is 1.19 bits per heavy atom. The molecule has 5 atom stereocenters. The first-order valence-corrected chi connectivity index (χ1v) is 11.8. The van der Waals surface area contributed by atoms with Crippen LogP contribution in [-0.2, 0) is 25.6 Å². The maximum Gasteiger partial charge on any atom is 0.327 e. The number of H-pyrrole nitrogens is 1. The standard InChI is InChI=1S/C18H30N6O6S2/c1-9(25)14(17(28)23-13(7-31)18(29)30)24-16(27)12(5-10-6-20-8-21-10)22-15(26)11(19)3-4-32-2/h6,8-9,11-14,25,31H,3-5,7,19H2,1-2H3,(H,20,21)(H,22,26)(H,23,28)(H,24,27)(H,29,30). The van der Waals surface area contributed by atoms with E-state index in [4.69, 9.17) is 10.8 Å². The van der Waals surface area contributed by atoms with Crippen LogP contribution in [0.1, 0.15) is 19.0 Å². The molecule has 0 saturated carbocycles. The van der Waals surface area contributed by atoms with Crippen molar-refractivity contribution in [2.24, 2.45) is 5.73 Å². The third-order valence-electron chi connectivity index (χ3n) is 4.44. The van der Waals surface area contributed by atoms with E-state index in [0.29, 0.717) is 17.9 Å². The van der Waals surface area contributed by atoms with Crippen molar-refractivity contribution in [2.45, 2.75) is 50.0 Å². The number of carbonyl (C=O) groups excluding carboxylic acids is 3. The van der Waals surface area contributed by atoms with Gasteiger partial charge in [0.1, 0.15) is 18.1 Å². The number of nitrogens with two attached hydrogens (primary N) is 1. The number of aliphatic hydroxyl groups is 1. The second-order valence-corrected chi connectivity index (χ2v) is 8.39. The molecule has 0 aliphatic carbocycles. The first-order chi connectivity index (χ1) is 15.1. The van der Waals surface area contributed by atoms with E-state index >= 15 is 0 Å². The number of amides is 3. The third kappa shape index (κ3) is 9.06. The summed E-state index contributed by atoms with van der Waals surface area (Å²) in [5.41, 5.74) is 6.42. The molecule has 0 saturated heterocycles. The summed E-state index contributed by atoms with van der Waals surface area (Å²) in [5, 5.41) is 26.2. The predicted octanol–water partition coefficient (Wildman–Crippen LogP) is -2.12. The number of carbonyl (C=O) groups is 4. The number of rotatable bonds is 14. The topological polar surface area (TPSA) is 200 Å². The normalized spacial score (nSPS) is 15.7. The molecule has 8 N–H and O–H groups in total. The molecule has 0 radical (unpaired) electrons. The van der Waals surface area contributed by atoms with Crippen LogP contribution in [0, 0.1) is 0 Å². The van der Waals surface area contributed by atoms with Crippen LogP contribution in [0.5, 0.6) is 0 Å². The first-order valence-electron chi connectivity index (χ1n) is 9.75.